The molecule has 1 aromatic carbocycles. The van der Waals surface area contributed by atoms with E-state index in [-0.39, 0.29) is 24.1 Å². The highest BCUT2D eigenvalue weighted by Gasteiger charge is 2.47. The Bertz CT molecular complexity index is 664. The van der Waals surface area contributed by atoms with Gasteiger partial charge in [0.05, 0.1) is 12.1 Å². The molecule has 0 spiro atoms. The van der Waals surface area contributed by atoms with Gasteiger partial charge in [0, 0.05) is 55.4 Å². The molecule has 3 aliphatic rings. The molecule has 1 N–H and O–H groups in total. The molecule has 0 aromatic heterocycles. The summed E-state index contributed by atoms with van der Waals surface area (Å²) in [5, 5.41) is 10.8. The van der Waals surface area contributed by atoms with Gasteiger partial charge in [-0.05, 0) is 44.0 Å². The lowest BCUT2D eigenvalue weighted by atomic mass is 9.87. The van der Waals surface area contributed by atoms with Crippen LogP contribution in [0.4, 0.5) is 0 Å². The zero-order valence-electron chi connectivity index (χ0n) is 15.4. The average Bonchev–Trinajstić information content (AvgIpc) is 2.60. The molecule has 26 heavy (non-hydrogen) atoms. The predicted molar refractivity (Wildman–Crippen MR) is 103 cm³/mol. The zero-order valence-corrected chi connectivity index (χ0v) is 16.2. The standard InChI is InChI=1S/C20H28ClN3O2/c1-20(14-25)13-23(19(26)15-5-7-16(21)8-6-15)12-18-11-22(9-10-24(18)20)17-3-2-4-17/h5-8,17-18,25H,2-4,9-14H2,1H3. The number of fused-ring (bicyclic) bond motifs is 1. The van der Waals surface area contributed by atoms with Gasteiger partial charge in [0.25, 0.3) is 5.91 Å². The third-order valence-electron chi connectivity index (χ3n) is 6.48. The van der Waals surface area contributed by atoms with E-state index in [2.05, 4.69) is 16.7 Å². The van der Waals surface area contributed by atoms with Crippen LogP contribution < -0.4 is 0 Å². The van der Waals surface area contributed by atoms with Gasteiger partial charge in [0.15, 0.2) is 0 Å². The van der Waals surface area contributed by atoms with Gasteiger partial charge in [-0.3, -0.25) is 14.6 Å². The fourth-order valence-corrected chi connectivity index (χ4v) is 4.85. The van der Waals surface area contributed by atoms with Crippen LogP contribution in [0.25, 0.3) is 0 Å². The number of piperazine rings is 2. The van der Waals surface area contributed by atoms with Gasteiger partial charge in [-0.2, -0.15) is 0 Å². The van der Waals surface area contributed by atoms with Gasteiger partial charge in [-0.15, -0.1) is 0 Å². The molecule has 1 aliphatic carbocycles. The molecule has 1 saturated carbocycles. The minimum absolute atomic E-state index is 0.0294. The number of carbonyl (C=O) groups is 1. The smallest absolute Gasteiger partial charge is 0.253 e. The Labute approximate surface area is 160 Å². The lowest BCUT2D eigenvalue weighted by Gasteiger charge is -2.57. The summed E-state index contributed by atoms with van der Waals surface area (Å²) in [6.45, 7) is 6.47. The summed E-state index contributed by atoms with van der Waals surface area (Å²) in [5.41, 5.74) is 0.284. The van der Waals surface area contributed by atoms with Gasteiger partial charge in [0.1, 0.15) is 0 Å². The molecule has 0 radical (unpaired) electrons. The minimum Gasteiger partial charge on any atom is -0.394 e. The topological polar surface area (TPSA) is 47.0 Å². The van der Waals surface area contributed by atoms with Crippen molar-refractivity contribution in [3.63, 3.8) is 0 Å². The molecule has 3 fully saturated rings. The molecule has 1 aromatic rings. The normalized spacial score (nSPS) is 30.7. The SMILES string of the molecule is CC1(CO)CN(C(=O)c2ccc(Cl)cc2)CC2CN(C3CCC3)CCN21. The van der Waals surface area contributed by atoms with E-state index in [0.717, 1.165) is 32.2 Å². The molecule has 142 valence electrons. The Hall–Kier alpha value is -1.14. The molecule has 4 rings (SSSR count). The van der Waals surface area contributed by atoms with E-state index in [1.54, 1.807) is 24.3 Å². The van der Waals surface area contributed by atoms with Crippen LogP contribution in [0.5, 0.6) is 0 Å². The number of benzene rings is 1. The molecule has 2 saturated heterocycles. The van der Waals surface area contributed by atoms with E-state index < -0.39 is 0 Å². The molecule has 2 atom stereocenters. The molecule has 5 nitrogen and oxygen atoms in total. The van der Waals surface area contributed by atoms with Crippen molar-refractivity contribution in [1.82, 2.24) is 14.7 Å². The highest BCUT2D eigenvalue weighted by Crippen LogP contribution is 2.33. The average molecular weight is 378 g/mol. The third kappa shape index (κ3) is 3.26. The number of rotatable bonds is 3. The van der Waals surface area contributed by atoms with Gasteiger partial charge >= 0.3 is 0 Å². The van der Waals surface area contributed by atoms with Crippen LogP contribution >= 0.6 is 11.6 Å². The Morgan fingerprint density at radius 3 is 2.54 bits per heavy atom. The fraction of sp³-hybridized carbons (Fsp3) is 0.650. The van der Waals surface area contributed by atoms with Crippen molar-refractivity contribution in [2.24, 2.45) is 0 Å². The summed E-state index contributed by atoms with van der Waals surface area (Å²) < 4.78 is 0. The van der Waals surface area contributed by atoms with Crippen LogP contribution in [0.15, 0.2) is 24.3 Å². The van der Waals surface area contributed by atoms with Gasteiger partial charge in [-0.25, -0.2) is 0 Å². The largest absolute Gasteiger partial charge is 0.394 e. The molecule has 1 amide bonds. The van der Waals surface area contributed by atoms with E-state index in [9.17, 15) is 9.90 Å². The molecule has 6 heteroatoms. The first-order valence-electron chi connectivity index (χ1n) is 9.67. The van der Waals surface area contributed by atoms with E-state index in [4.69, 9.17) is 11.6 Å². The maximum absolute atomic E-state index is 13.0. The quantitative estimate of drug-likeness (QED) is 0.876. The number of hydrogen-bond acceptors (Lipinski definition) is 4. The van der Waals surface area contributed by atoms with Crippen molar-refractivity contribution in [2.45, 2.75) is 43.8 Å². The number of halogens is 1. The maximum Gasteiger partial charge on any atom is 0.253 e. The Morgan fingerprint density at radius 1 is 1.19 bits per heavy atom. The number of amides is 1. The predicted octanol–water partition coefficient (Wildman–Crippen LogP) is 2.09. The first-order chi connectivity index (χ1) is 12.5. The lowest BCUT2D eigenvalue weighted by Crippen LogP contribution is -2.73. The Morgan fingerprint density at radius 2 is 1.92 bits per heavy atom. The van der Waals surface area contributed by atoms with Crippen molar-refractivity contribution >= 4 is 17.5 Å². The summed E-state index contributed by atoms with van der Waals surface area (Å²) in [7, 11) is 0. The molecular weight excluding hydrogens is 350 g/mol. The summed E-state index contributed by atoms with van der Waals surface area (Å²) in [6, 6.07) is 8.10. The maximum atomic E-state index is 13.0. The van der Waals surface area contributed by atoms with Gasteiger partial charge < -0.3 is 10.0 Å². The van der Waals surface area contributed by atoms with Crippen LogP contribution in [-0.2, 0) is 0 Å². The second-order valence-corrected chi connectivity index (χ2v) is 8.71. The first-order valence-corrected chi connectivity index (χ1v) is 10.0. The van der Waals surface area contributed by atoms with Crippen LogP contribution in [0.2, 0.25) is 5.02 Å². The Kier molecular flexibility index (Phi) is 4.99. The van der Waals surface area contributed by atoms with Crippen molar-refractivity contribution in [2.75, 3.05) is 39.3 Å². The molecule has 0 bridgehead atoms. The Balaban J connectivity index is 1.53. The number of aliphatic hydroxyl groups excluding tert-OH is 1. The van der Waals surface area contributed by atoms with E-state index in [0.29, 0.717) is 17.1 Å². The van der Waals surface area contributed by atoms with Crippen LogP contribution in [0.1, 0.15) is 36.5 Å². The number of nitrogens with zero attached hydrogens (tertiary/aromatic N) is 3. The minimum atomic E-state index is -0.378. The van der Waals surface area contributed by atoms with Crippen molar-refractivity contribution < 1.29 is 9.90 Å². The van der Waals surface area contributed by atoms with Crippen molar-refractivity contribution in [3.05, 3.63) is 34.9 Å². The van der Waals surface area contributed by atoms with Crippen LogP contribution in [0.3, 0.4) is 0 Å². The van der Waals surface area contributed by atoms with E-state index in [1.807, 2.05) is 4.90 Å². The van der Waals surface area contributed by atoms with Crippen LogP contribution in [0, 0.1) is 0 Å². The van der Waals surface area contributed by atoms with Gasteiger partial charge in [-0.1, -0.05) is 18.0 Å². The molecular formula is C20H28ClN3O2. The first kappa shape index (κ1) is 18.2. The zero-order chi connectivity index (χ0) is 18.3. The van der Waals surface area contributed by atoms with Crippen molar-refractivity contribution in [3.8, 4) is 0 Å². The summed E-state index contributed by atoms with van der Waals surface area (Å²) in [5.74, 6) is 0.0294. The van der Waals surface area contributed by atoms with Crippen molar-refractivity contribution in [1.29, 1.82) is 0 Å². The summed E-state index contributed by atoms with van der Waals surface area (Å²) in [4.78, 5) is 20.0. The lowest BCUT2D eigenvalue weighted by molar-refractivity contribution is -0.0942. The number of aliphatic hydroxyl groups is 1. The number of hydrogen-bond donors (Lipinski definition) is 1. The molecule has 2 aliphatic heterocycles. The molecule has 2 heterocycles. The summed E-state index contributed by atoms with van der Waals surface area (Å²) >= 11 is 5.96. The number of carbonyl (C=O) groups excluding carboxylic acids is 1. The highest BCUT2D eigenvalue weighted by atomic mass is 35.5. The van der Waals surface area contributed by atoms with Crippen LogP contribution in [-0.4, -0.2) is 82.7 Å². The highest BCUT2D eigenvalue weighted by molar-refractivity contribution is 6.30. The fourth-order valence-electron chi connectivity index (χ4n) is 4.72. The second-order valence-electron chi connectivity index (χ2n) is 8.27. The monoisotopic (exact) mass is 377 g/mol. The third-order valence-corrected chi connectivity index (χ3v) is 6.73. The second kappa shape index (κ2) is 7.12. The van der Waals surface area contributed by atoms with E-state index >= 15 is 0 Å². The molecule has 2 unspecified atom stereocenters. The summed E-state index contributed by atoms with van der Waals surface area (Å²) in [6.07, 6.45) is 3.94. The van der Waals surface area contributed by atoms with E-state index in [1.165, 1.54) is 19.3 Å². The van der Waals surface area contributed by atoms with Gasteiger partial charge in [0.2, 0.25) is 0 Å².